The van der Waals surface area contributed by atoms with Gasteiger partial charge in [0.1, 0.15) is 6.04 Å². The Morgan fingerprint density at radius 1 is 0.909 bits per heavy atom. The number of sulfonamides is 1. The minimum absolute atomic E-state index is 0.0587. The number of carbonyl (C=O) groups excluding carboxylic acids is 2. The van der Waals surface area contributed by atoms with Gasteiger partial charge < -0.3 is 10.2 Å². The van der Waals surface area contributed by atoms with Crippen LogP contribution in [0.3, 0.4) is 0 Å². The molecule has 176 valence electrons. The first kappa shape index (κ1) is 23.4. The van der Waals surface area contributed by atoms with Gasteiger partial charge in [-0.25, -0.2) is 8.42 Å². The number of nitrogens with zero attached hydrogens (tertiary/aromatic N) is 2. The molecule has 2 aliphatic heterocycles. The zero-order valence-corrected chi connectivity index (χ0v) is 19.8. The highest BCUT2D eigenvalue weighted by Gasteiger charge is 2.38. The van der Waals surface area contributed by atoms with E-state index in [0.717, 1.165) is 18.4 Å². The number of aryl methyl sites for hydroxylation is 1. The van der Waals surface area contributed by atoms with Crippen molar-refractivity contribution < 1.29 is 18.0 Å². The van der Waals surface area contributed by atoms with Gasteiger partial charge in [-0.2, -0.15) is 4.31 Å². The van der Waals surface area contributed by atoms with E-state index in [-0.39, 0.29) is 22.6 Å². The lowest BCUT2D eigenvalue weighted by Gasteiger charge is -2.36. The number of carbonyl (C=O) groups is 2. The SMILES string of the molecule is Cc1ccc(S(=O)(=O)N2CCC([C@H](NC(=O)c3ccccc3)C(=O)N3CCCC3)CC2)cc1. The lowest BCUT2D eigenvalue weighted by Crippen LogP contribution is -2.54. The van der Waals surface area contributed by atoms with Crippen LogP contribution in [0, 0.1) is 12.8 Å². The van der Waals surface area contributed by atoms with Crippen LogP contribution >= 0.6 is 0 Å². The molecule has 1 atom stereocenters. The Balaban J connectivity index is 1.48. The maximum Gasteiger partial charge on any atom is 0.251 e. The van der Waals surface area contributed by atoms with Crippen molar-refractivity contribution in [2.45, 2.75) is 43.5 Å². The number of amides is 2. The predicted molar refractivity (Wildman–Crippen MR) is 126 cm³/mol. The molecule has 2 amide bonds. The average Bonchev–Trinajstić information content (AvgIpc) is 3.38. The monoisotopic (exact) mass is 469 g/mol. The van der Waals surface area contributed by atoms with E-state index in [1.54, 1.807) is 48.5 Å². The summed E-state index contributed by atoms with van der Waals surface area (Å²) in [5.74, 6) is -0.449. The number of nitrogens with one attached hydrogen (secondary N) is 1. The van der Waals surface area contributed by atoms with Crippen molar-refractivity contribution in [1.82, 2.24) is 14.5 Å². The minimum atomic E-state index is -3.58. The fraction of sp³-hybridized carbons (Fsp3) is 0.440. The quantitative estimate of drug-likeness (QED) is 0.705. The number of likely N-dealkylation sites (tertiary alicyclic amines) is 1. The molecular formula is C25H31N3O4S. The first-order valence-electron chi connectivity index (χ1n) is 11.6. The van der Waals surface area contributed by atoms with Crippen LogP contribution in [0.2, 0.25) is 0 Å². The van der Waals surface area contributed by atoms with E-state index in [4.69, 9.17) is 0 Å². The molecule has 2 heterocycles. The second kappa shape index (κ2) is 10.1. The summed E-state index contributed by atoms with van der Waals surface area (Å²) in [6, 6.07) is 15.1. The van der Waals surface area contributed by atoms with Gasteiger partial charge in [-0.15, -0.1) is 0 Å². The van der Waals surface area contributed by atoms with Crippen molar-refractivity contribution >= 4 is 21.8 Å². The van der Waals surface area contributed by atoms with Crippen LogP contribution in [0.4, 0.5) is 0 Å². The standard InChI is InChI=1S/C25H31N3O4S/c1-19-9-11-22(12-10-19)33(31,32)28-17-13-20(14-18-28)23(25(30)27-15-5-6-16-27)26-24(29)21-7-3-2-4-8-21/h2-4,7-12,20,23H,5-6,13-18H2,1H3,(H,26,29)/t23-/m0/s1. The summed E-state index contributed by atoms with van der Waals surface area (Å²) < 4.78 is 27.6. The molecule has 0 aliphatic carbocycles. The van der Waals surface area contributed by atoms with Crippen LogP contribution < -0.4 is 5.32 Å². The van der Waals surface area contributed by atoms with Crippen LogP contribution in [-0.4, -0.2) is 61.7 Å². The van der Waals surface area contributed by atoms with Crippen molar-refractivity contribution in [2.24, 2.45) is 5.92 Å². The van der Waals surface area contributed by atoms with Crippen molar-refractivity contribution in [3.05, 3.63) is 65.7 Å². The average molecular weight is 470 g/mol. The van der Waals surface area contributed by atoms with E-state index in [1.807, 2.05) is 17.9 Å². The summed E-state index contributed by atoms with van der Waals surface area (Å²) in [7, 11) is -3.58. The number of piperidine rings is 1. The molecule has 1 N–H and O–H groups in total. The lowest BCUT2D eigenvalue weighted by molar-refractivity contribution is -0.133. The second-order valence-corrected chi connectivity index (χ2v) is 10.8. The molecule has 0 spiro atoms. The second-order valence-electron chi connectivity index (χ2n) is 8.90. The molecule has 0 unspecified atom stereocenters. The largest absolute Gasteiger partial charge is 0.341 e. The fourth-order valence-corrected chi connectivity index (χ4v) is 6.11. The topological polar surface area (TPSA) is 86.8 Å². The first-order chi connectivity index (χ1) is 15.9. The Morgan fingerprint density at radius 3 is 2.12 bits per heavy atom. The van der Waals surface area contributed by atoms with E-state index < -0.39 is 16.1 Å². The van der Waals surface area contributed by atoms with Gasteiger partial charge in [-0.3, -0.25) is 9.59 Å². The number of rotatable bonds is 6. The summed E-state index contributed by atoms with van der Waals surface area (Å²) in [5.41, 5.74) is 1.51. The Hall–Kier alpha value is -2.71. The summed E-state index contributed by atoms with van der Waals surface area (Å²) in [6.07, 6.45) is 2.98. The Kier molecular flexibility index (Phi) is 7.14. The molecule has 0 radical (unpaired) electrons. The molecule has 7 nitrogen and oxygen atoms in total. The summed E-state index contributed by atoms with van der Waals surface area (Å²) in [4.78, 5) is 28.3. The number of hydrogen-bond donors (Lipinski definition) is 1. The molecule has 2 aromatic rings. The van der Waals surface area contributed by atoms with Crippen LogP contribution in [0.1, 0.15) is 41.6 Å². The highest BCUT2D eigenvalue weighted by Crippen LogP contribution is 2.27. The highest BCUT2D eigenvalue weighted by molar-refractivity contribution is 7.89. The zero-order chi connectivity index (χ0) is 23.4. The van der Waals surface area contributed by atoms with Gasteiger partial charge in [0.05, 0.1) is 4.90 Å². The van der Waals surface area contributed by atoms with E-state index in [2.05, 4.69) is 5.32 Å². The van der Waals surface area contributed by atoms with Crippen molar-refractivity contribution in [3.63, 3.8) is 0 Å². The molecule has 0 saturated carbocycles. The molecule has 2 saturated heterocycles. The van der Waals surface area contributed by atoms with Gasteiger partial charge in [0.2, 0.25) is 15.9 Å². The first-order valence-corrected chi connectivity index (χ1v) is 13.0. The zero-order valence-electron chi connectivity index (χ0n) is 18.9. The van der Waals surface area contributed by atoms with Gasteiger partial charge in [0.15, 0.2) is 0 Å². The van der Waals surface area contributed by atoms with Crippen LogP contribution in [0.5, 0.6) is 0 Å². The number of benzene rings is 2. The van der Waals surface area contributed by atoms with Crippen molar-refractivity contribution in [1.29, 1.82) is 0 Å². The normalized spacial score (nSPS) is 18.8. The molecule has 0 aromatic heterocycles. The molecule has 33 heavy (non-hydrogen) atoms. The Labute approximate surface area is 195 Å². The molecule has 2 fully saturated rings. The minimum Gasteiger partial charge on any atom is -0.341 e. The van der Waals surface area contributed by atoms with Gasteiger partial charge in [0.25, 0.3) is 5.91 Å². The molecule has 2 aliphatic rings. The van der Waals surface area contributed by atoms with E-state index in [1.165, 1.54) is 4.31 Å². The molecule has 0 bridgehead atoms. The Morgan fingerprint density at radius 2 is 1.52 bits per heavy atom. The maximum atomic E-state index is 13.3. The smallest absolute Gasteiger partial charge is 0.251 e. The van der Waals surface area contributed by atoms with E-state index in [0.29, 0.717) is 44.6 Å². The van der Waals surface area contributed by atoms with Crippen molar-refractivity contribution in [3.8, 4) is 0 Å². The molecule has 8 heteroatoms. The van der Waals surface area contributed by atoms with Gasteiger partial charge >= 0.3 is 0 Å². The summed E-state index contributed by atoms with van der Waals surface area (Å²) >= 11 is 0. The predicted octanol–water partition coefficient (Wildman–Crippen LogP) is 2.82. The van der Waals surface area contributed by atoms with Gasteiger partial charge in [-0.05, 0) is 62.8 Å². The third-order valence-electron chi connectivity index (χ3n) is 6.64. The van der Waals surface area contributed by atoms with E-state index >= 15 is 0 Å². The van der Waals surface area contributed by atoms with E-state index in [9.17, 15) is 18.0 Å². The lowest BCUT2D eigenvalue weighted by atomic mass is 9.89. The van der Waals surface area contributed by atoms with Crippen molar-refractivity contribution in [2.75, 3.05) is 26.2 Å². The molecule has 4 rings (SSSR count). The fourth-order valence-electron chi connectivity index (χ4n) is 4.64. The molecule has 2 aromatic carbocycles. The third-order valence-corrected chi connectivity index (χ3v) is 8.55. The van der Waals surface area contributed by atoms with Gasteiger partial charge in [-0.1, -0.05) is 35.9 Å². The van der Waals surface area contributed by atoms with Crippen LogP contribution in [0.25, 0.3) is 0 Å². The van der Waals surface area contributed by atoms with Crippen LogP contribution in [0.15, 0.2) is 59.5 Å². The highest BCUT2D eigenvalue weighted by atomic mass is 32.2. The maximum absolute atomic E-state index is 13.3. The molecular weight excluding hydrogens is 438 g/mol. The Bertz CT molecular complexity index is 1070. The third kappa shape index (κ3) is 5.28. The van der Waals surface area contributed by atoms with Gasteiger partial charge in [0, 0.05) is 31.7 Å². The summed E-state index contributed by atoms with van der Waals surface area (Å²) in [5, 5.41) is 2.97. The number of hydrogen-bond acceptors (Lipinski definition) is 4. The summed E-state index contributed by atoms with van der Waals surface area (Å²) in [6.45, 7) is 3.98. The van der Waals surface area contributed by atoms with Crippen LogP contribution in [-0.2, 0) is 14.8 Å².